The van der Waals surface area contributed by atoms with Crippen molar-refractivity contribution in [3.8, 4) is 23.0 Å². The Morgan fingerprint density at radius 3 is 2.84 bits per heavy atom. The first-order valence-corrected chi connectivity index (χ1v) is 7.15. The third-order valence-electron chi connectivity index (χ3n) is 3.18. The molecule has 0 spiro atoms. The molecule has 0 amide bonds. The molecule has 0 fully saturated rings. The summed E-state index contributed by atoms with van der Waals surface area (Å²) < 4.78 is 24.5. The minimum absolute atomic E-state index is 0.00502. The molecule has 25 heavy (non-hydrogen) atoms. The standard InChI is InChI=1S/C17H12FN3O4/c1-10(17(22)23)8-15-20-16(21-25-15)11-5-6-13(12(18)9-11)24-14-4-2-3-7-19-14/h2-7,9H,1,8H2,(H,22,23). The first-order valence-electron chi connectivity index (χ1n) is 7.15. The van der Waals surface area contributed by atoms with Crippen LogP contribution in [-0.2, 0) is 11.2 Å². The Balaban J connectivity index is 1.78. The summed E-state index contributed by atoms with van der Waals surface area (Å²) in [5.74, 6) is -1.28. The van der Waals surface area contributed by atoms with Crippen molar-refractivity contribution >= 4 is 5.97 Å². The quantitative estimate of drug-likeness (QED) is 0.687. The fourth-order valence-electron chi connectivity index (χ4n) is 1.94. The molecule has 0 aliphatic rings. The van der Waals surface area contributed by atoms with Crippen LogP contribution >= 0.6 is 0 Å². The second-order valence-electron chi connectivity index (χ2n) is 5.01. The van der Waals surface area contributed by atoms with E-state index in [-0.39, 0.29) is 35.3 Å². The maximum atomic E-state index is 14.2. The predicted octanol–water partition coefficient (Wildman–Crippen LogP) is 3.25. The van der Waals surface area contributed by atoms with Crippen LogP contribution in [0.1, 0.15) is 5.89 Å². The minimum Gasteiger partial charge on any atom is -0.478 e. The average molecular weight is 341 g/mol. The normalized spacial score (nSPS) is 10.4. The Bertz CT molecular complexity index is 925. The van der Waals surface area contributed by atoms with Gasteiger partial charge in [-0.2, -0.15) is 4.98 Å². The van der Waals surface area contributed by atoms with Gasteiger partial charge >= 0.3 is 5.97 Å². The van der Waals surface area contributed by atoms with Gasteiger partial charge in [0.15, 0.2) is 11.6 Å². The largest absolute Gasteiger partial charge is 0.478 e. The van der Waals surface area contributed by atoms with Gasteiger partial charge in [0.05, 0.1) is 6.42 Å². The molecule has 0 saturated carbocycles. The SMILES string of the molecule is C=C(Cc1nc(-c2ccc(Oc3ccccn3)c(F)c2)no1)C(=O)O. The van der Waals surface area contributed by atoms with E-state index in [1.54, 1.807) is 24.3 Å². The number of rotatable bonds is 6. The lowest BCUT2D eigenvalue weighted by atomic mass is 10.2. The molecular formula is C17H12FN3O4. The van der Waals surface area contributed by atoms with Gasteiger partial charge in [0.1, 0.15) is 0 Å². The lowest BCUT2D eigenvalue weighted by Gasteiger charge is -2.06. The first kappa shape index (κ1) is 16.3. The molecule has 2 heterocycles. The molecule has 126 valence electrons. The minimum atomic E-state index is -1.15. The number of halogens is 1. The molecule has 3 rings (SSSR count). The molecule has 0 radical (unpaired) electrons. The maximum Gasteiger partial charge on any atom is 0.331 e. The van der Waals surface area contributed by atoms with Crippen LogP contribution in [0.5, 0.6) is 11.6 Å². The fraction of sp³-hybridized carbons (Fsp3) is 0.0588. The molecular weight excluding hydrogens is 329 g/mol. The third-order valence-corrected chi connectivity index (χ3v) is 3.18. The summed E-state index contributed by atoms with van der Waals surface area (Å²) in [7, 11) is 0. The molecule has 8 heteroatoms. The Labute approximate surface area is 141 Å². The number of carbonyl (C=O) groups is 1. The van der Waals surface area contributed by atoms with Crippen molar-refractivity contribution in [2.24, 2.45) is 0 Å². The number of aliphatic carboxylic acids is 1. The molecule has 7 nitrogen and oxygen atoms in total. The van der Waals surface area contributed by atoms with E-state index in [0.717, 1.165) is 0 Å². The number of benzene rings is 1. The number of carboxylic acid groups (broad SMARTS) is 1. The van der Waals surface area contributed by atoms with E-state index in [1.165, 1.54) is 18.3 Å². The zero-order chi connectivity index (χ0) is 17.8. The fourth-order valence-corrected chi connectivity index (χ4v) is 1.94. The van der Waals surface area contributed by atoms with Crippen molar-refractivity contribution in [1.82, 2.24) is 15.1 Å². The van der Waals surface area contributed by atoms with Crippen LogP contribution in [0.2, 0.25) is 0 Å². The van der Waals surface area contributed by atoms with Gasteiger partial charge in [-0.3, -0.25) is 0 Å². The third kappa shape index (κ3) is 3.86. The van der Waals surface area contributed by atoms with Gasteiger partial charge < -0.3 is 14.4 Å². The Morgan fingerprint density at radius 1 is 1.32 bits per heavy atom. The van der Waals surface area contributed by atoms with E-state index in [1.807, 2.05) is 0 Å². The van der Waals surface area contributed by atoms with Crippen molar-refractivity contribution in [1.29, 1.82) is 0 Å². The molecule has 0 aliphatic carbocycles. The van der Waals surface area contributed by atoms with Gasteiger partial charge in [0.2, 0.25) is 17.6 Å². The topological polar surface area (TPSA) is 98.3 Å². The molecule has 0 saturated heterocycles. The number of nitrogens with zero attached hydrogens (tertiary/aromatic N) is 3. The molecule has 0 aliphatic heterocycles. The number of ether oxygens (including phenoxy) is 1. The van der Waals surface area contributed by atoms with E-state index < -0.39 is 11.8 Å². The summed E-state index contributed by atoms with van der Waals surface area (Å²) in [6.07, 6.45) is 1.44. The van der Waals surface area contributed by atoms with Gasteiger partial charge in [-0.15, -0.1) is 0 Å². The summed E-state index contributed by atoms with van der Waals surface area (Å²) in [6, 6.07) is 9.22. The zero-order valence-corrected chi connectivity index (χ0v) is 12.8. The van der Waals surface area contributed by atoms with E-state index >= 15 is 0 Å². The highest BCUT2D eigenvalue weighted by atomic mass is 19.1. The summed E-state index contributed by atoms with van der Waals surface area (Å²) >= 11 is 0. The smallest absolute Gasteiger partial charge is 0.331 e. The van der Waals surface area contributed by atoms with Gasteiger partial charge in [-0.05, 0) is 24.3 Å². The number of pyridine rings is 1. The van der Waals surface area contributed by atoms with Crippen LogP contribution < -0.4 is 4.74 Å². The summed E-state index contributed by atoms with van der Waals surface area (Å²) in [4.78, 5) is 18.7. The Hall–Kier alpha value is -3.55. The summed E-state index contributed by atoms with van der Waals surface area (Å²) in [6.45, 7) is 3.39. The molecule has 2 aromatic heterocycles. The number of hydrogen-bond acceptors (Lipinski definition) is 6. The maximum absolute atomic E-state index is 14.2. The second kappa shape index (κ2) is 6.91. The zero-order valence-electron chi connectivity index (χ0n) is 12.8. The lowest BCUT2D eigenvalue weighted by Crippen LogP contribution is -2.02. The van der Waals surface area contributed by atoms with E-state index in [2.05, 4.69) is 21.7 Å². The Morgan fingerprint density at radius 2 is 2.16 bits per heavy atom. The summed E-state index contributed by atoms with van der Waals surface area (Å²) in [5, 5.41) is 12.5. The van der Waals surface area contributed by atoms with Gasteiger partial charge in [0.25, 0.3) is 0 Å². The van der Waals surface area contributed by atoms with Gasteiger partial charge in [-0.1, -0.05) is 17.8 Å². The van der Waals surface area contributed by atoms with Crippen LogP contribution in [0, 0.1) is 5.82 Å². The van der Waals surface area contributed by atoms with Crippen LogP contribution in [0.15, 0.2) is 59.3 Å². The van der Waals surface area contributed by atoms with Crippen LogP contribution in [-0.4, -0.2) is 26.2 Å². The van der Waals surface area contributed by atoms with Crippen molar-refractivity contribution in [2.75, 3.05) is 0 Å². The average Bonchev–Trinajstić information content (AvgIpc) is 3.06. The first-order chi connectivity index (χ1) is 12.0. The van der Waals surface area contributed by atoms with Crippen molar-refractivity contribution in [3.63, 3.8) is 0 Å². The van der Waals surface area contributed by atoms with Crippen LogP contribution in [0.3, 0.4) is 0 Å². The monoisotopic (exact) mass is 341 g/mol. The van der Waals surface area contributed by atoms with Crippen molar-refractivity contribution in [3.05, 3.63) is 66.5 Å². The molecule has 0 unspecified atom stereocenters. The second-order valence-corrected chi connectivity index (χ2v) is 5.01. The van der Waals surface area contributed by atoms with Gasteiger partial charge in [-0.25, -0.2) is 14.2 Å². The highest BCUT2D eigenvalue weighted by molar-refractivity contribution is 5.86. The van der Waals surface area contributed by atoms with Crippen LogP contribution in [0.25, 0.3) is 11.4 Å². The molecule has 3 aromatic rings. The molecule has 1 N–H and O–H groups in total. The van der Waals surface area contributed by atoms with Gasteiger partial charge in [0, 0.05) is 23.4 Å². The van der Waals surface area contributed by atoms with Crippen molar-refractivity contribution < 1.29 is 23.6 Å². The van der Waals surface area contributed by atoms with E-state index in [0.29, 0.717) is 5.56 Å². The highest BCUT2D eigenvalue weighted by Crippen LogP contribution is 2.27. The lowest BCUT2D eigenvalue weighted by molar-refractivity contribution is -0.132. The number of hydrogen-bond donors (Lipinski definition) is 1. The Kier molecular flexibility index (Phi) is 4.51. The molecule has 0 bridgehead atoms. The highest BCUT2D eigenvalue weighted by Gasteiger charge is 2.15. The van der Waals surface area contributed by atoms with E-state index in [4.69, 9.17) is 14.4 Å². The van der Waals surface area contributed by atoms with Crippen molar-refractivity contribution in [2.45, 2.75) is 6.42 Å². The predicted molar refractivity (Wildman–Crippen MR) is 84.5 cm³/mol. The van der Waals surface area contributed by atoms with Crippen LogP contribution in [0.4, 0.5) is 4.39 Å². The molecule has 1 aromatic carbocycles. The van der Waals surface area contributed by atoms with E-state index in [9.17, 15) is 9.18 Å². The summed E-state index contributed by atoms with van der Waals surface area (Å²) in [5.41, 5.74) is 0.280. The number of aromatic nitrogens is 3. The molecule has 0 atom stereocenters. The number of carboxylic acids is 1.